The molecule has 5 nitrogen and oxygen atoms in total. The zero-order valence-corrected chi connectivity index (χ0v) is 14.9. The highest BCUT2D eigenvalue weighted by Crippen LogP contribution is 2.22. The number of amides is 1. The van der Waals surface area contributed by atoms with Crippen LogP contribution in [0.3, 0.4) is 0 Å². The van der Waals surface area contributed by atoms with Crippen molar-refractivity contribution in [3.63, 3.8) is 0 Å². The monoisotopic (exact) mass is 338 g/mol. The van der Waals surface area contributed by atoms with Crippen molar-refractivity contribution in [2.45, 2.75) is 26.2 Å². The van der Waals surface area contributed by atoms with Gasteiger partial charge in [-0.15, -0.1) is 0 Å². The minimum Gasteiger partial charge on any atom is -0.338 e. The Bertz CT molecular complexity index is 730. The van der Waals surface area contributed by atoms with Gasteiger partial charge in [0.25, 0.3) is 5.91 Å². The van der Waals surface area contributed by atoms with Gasteiger partial charge in [0.15, 0.2) is 0 Å². The van der Waals surface area contributed by atoms with Crippen LogP contribution in [-0.4, -0.2) is 58.2 Å². The molecule has 25 heavy (non-hydrogen) atoms. The van der Waals surface area contributed by atoms with Gasteiger partial charge in [0.1, 0.15) is 0 Å². The molecule has 0 spiro atoms. The predicted octanol–water partition coefficient (Wildman–Crippen LogP) is 2.74. The minimum absolute atomic E-state index is 0.159. The fourth-order valence-electron chi connectivity index (χ4n) is 3.99. The Morgan fingerprint density at radius 2 is 1.92 bits per heavy atom. The largest absolute Gasteiger partial charge is 0.338 e. The highest BCUT2D eigenvalue weighted by Gasteiger charge is 2.28. The van der Waals surface area contributed by atoms with E-state index in [9.17, 15) is 4.79 Å². The third-order valence-electron chi connectivity index (χ3n) is 5.38. The molecule has 0 aliphatic carbocycles. The molecule has 1 aromatic carbocycles. The predicted molar refractivity (Wildman–Crippen MR) is 98.0 cm³/mol. The Labute approximate surface area is 149 Å². The molecule has 2 aliphatic rings. The number of hydrogen-bond donors (Lipinski definition) is 0. The molecule has 5 heteroatoms. The van der Waals surface area contributed by atoms with Crippen LogP contribution in [0.15, 0.2) is 36.7 Å². The van der Waals surface area contributed by atoms with E-state index in [0.29, 0.717) is 5.92 Å². The van der Waals surface area contributed by atoms with Crippen LogP contribution in [0.5, 0.6) is 0 Å². The minimum atomic E-state index is 0.159. The molecule has 0 unspecified atom stereocenters. The van der Waals surface area contributed by atoms with E-state index < -0.39 is 0 Å². The lowest BCUT2D eigenvalue weighted by Crippen LogP contribution is -2.32. The van der Waals surface area contributed by atoms with Gasteiger partial charge in [-0.05, 0) is 75.0 Å². The highest BCUT2D eigenvalue weighted by molar-refractivity contribution is 5.94. The normalized spacial score (nSPS) is 21.2. The number of aryl methyl sites for hydroxylation is 1. The number of carbonyl (C=O) groups is 1. The zero-order valence-electron chi connectivity index (χ0n) is 14.9. The lowest BCUT2D eigenvalue weighted by atomic mass is 10.1. The molecular formula is C20H26N4O. The second kappa shape index (κ2) is 7.00. The van der Waals surface area contributed by atoms with Gasteiger partial charge in [-0.3, -0.25) is 4.79 Å². The zero-order chi connectivity index (χ0) is 17.2. The molecule has 2 aromatic rings. The number of likely N-dealkylation sites (tertiary alicyclic amines) is 2. The van der Waals surface area contributed by atoms with E-state index in [1.165, 1.54) is 25.9 Å². The van der Waals surface area contributed by atoms with Crippen LogP contribution in [0.2, 0.25) is 0 Å². The van der Waals surface area contributed by atoms with Crippen LogP contribution >= 0.6 is 0 Å². The second-order valence-corrected chi connectivity index (χ2v) is 7.42. The summed E-state index contributed by atoms with van der Waals surface area (Å²) in [5.74, 6) is 0.792. The summed E-state index contributed by atoms with van der Waals surface area (Å²) in [6, 6.07) is 7.78. The molecule has 0 radical (unpaired) electrons. The van der Waals surface area contributed by atoms with Crippen molar-refractivity contribution in [2.24, 2.45) is 5.92 Å². The van der Waals surface area contributed by atoms with Gasteiger partial charge in [-0.25, -0.2) is 4.68 Å². The van der Waals surface area contributed by atoms with Crippen LogP contribution in [0, 0.1) is 12.8 Å². The molecule has 0 bridgehead atoms. The van der Waals surface area contributed by atoms with Crippen LogP contribution < -0.4 is 0 Å². The molecule has 132 valence electrons. The van der Waals surface area contributed by atoms with Crippen LogP contribution in [-0.2, 0) is 0 Å². The first-order chi connectivity index (χ1) is 12.2. The Morgan fingerprint density at radius 3 is 2.60 bits per heavy atom. The van der Waals surface area contributed by atoms with Crippen molar-refractivity contribution in [2.75, 3.05) is 32.7 Å². The molecule has 2 fully saturated rings. The van der Waals surface area contributed by atoms with Gasteiger partial charge >= 0.3 is 0 Å². The van der Waals surface area contributed by atoms with E-state index in [2.05, 4.69) is 10.00 Å². The maximum absolute atomic E-state index is 12.8. The Kier molecular flexibility index (Phi) is 4.57. The van der Waals surface area contributed by atoms with Crippen molar-refractivity contribution >= 4 is 5.91 Å². The average molecular weight is 338 g/mol. The third kappa shape index (κ3) is 3.61. The topological polar surface area (TPSA) is 41.4 Å². The molecule has 1 amide bonds. The van der Waals surface area contributed by atoms with Gasteiger partial charge in [0.2, 0.25) is 0 Å². The molecule has 4 rings (SSSR count). The van der Waals surface area contributed by atoms with Crippen LogP contribution in [0.1, 0.15) is 35.2 Å². The molecule has 2 saturated heterocycles. The molecule has 0 N–H and O–H groups in total. The molecule has 1 aromatic heterocycles. The number of rotatable bonds is 4. The smallest absolute Gasteiger partial charge is 0.253 e. The van der Waals surface area contributed by atoms with E-state index in [4.69, 9.17) is 0 Å². The first kappa shape index (κ1) is 16.3. The quantitative estimate of drug-likeness (QED) is 0.861. The van der Waals surface area contributed by atoms with Crippen LogP contribution in [0.25, 0.3) is 5.69 Å². The molecule has 3 heterocycles. The van der Waals surface area contributed by atoms with Gasteiger partial charge in [-0.2, -0.15) is 5.10 Å². The maximum Gasteiger partial charge on any atom is 0.253 e. The van der Waals surface area contributed by atoms with Gasteiger partial charge in [0, 0.05) is 31.4 Å². The maximum atomic E-state index is 12.8. The fourth-order valence-corrected chi connectivity index (χ4v) is 3.99. The summed E-state index contributed by atoms with van der Waals surface area (Å²) in [5.41, 5.74) is 2.88. The lowest BCUT2D eigenvalue weighted by Gasteiger charge is -2.20. The summed E-state index contributed by atoms with van der Waals surface area (Å²) in [5, 5.41) is 4.31. The number of hydrogen-bond acceptors (Lipinski definition) is 3. The summed E-state index contributed by atoms with van der Waals surface area (Å²) in [4.78, 5) is 17.3. The SMILES string of the molecule is Cc1cnn(-c2ccc(C(=O)N3CC[C@H](CN4CCCC4)C3)cc2)c1. The summed E-state index contributed by atoms with van der Waals surface area (Å²) >= 11 is 0. The van der Waals surface area contributed by atoms with Crippen molar-refractivity contribution in [1.29, 1.82) is 0 Å². The third-order valence-corrected chi connectivity index (χ3v) is 5.38. The first-order valence-electron chi connectivity index (χ1n) is 9.32. The number of nitrogens with zero attached hydrogens (tertiary/aromatic N) is 4. The fraction of sp³-hybridized carbons (Fsp3) is 0.500. The summed E-state index contributed by atoms with van der Waals surface area (Å²) in [7, 11) is 0. The average Bonchev–Trinajstić information content (AvgIpc) is 3.37. The summed E-state index contributed by atoms with van der Waals surface area (Å²) in [6.45, 7) is 7.43. The van der Waals surface area contributed by atoms with Crippen molar-refractivity contribution in [3.8, 4) is 5.69 Å². The van der Waals surface area contributed by atoms with Gasteiger partial charge in [-0.1, -0.05) is 0 Å². The lowest BCUT2D eigenvalue weighted by molar-refractivity contribution is 0.0784. The van der Waals surface area contributed by atoms with Gasteiger partial charge in [0.05, 0.1) is 11.9 Å². The number of carbonyl (C=O) groups excluding carboxylic acids is 1. The molecular weight excluding hydrogens is 312 g/mol. The van der Waals surface area contributed by atoms with E-state index in [-0.39, 0.29) is 5.91 Å². The van der Waals surface area contributed by atoms with Crippen molar-refractivity contribution in [1.82, 2.24) is 19.6 Å². The van der Waals surface area contributed by atoms with E-state index in [1.807, 2.05) is 53.2 Å². The van der Waals surface area contributed by atoms with E-state index >= 15 is 0 Å². The number of aromatic nitrogens is 2. The summed E-state index contributed by atoms with van der Waals surface area (Å²) in [6.07, 6.45) is 7.62. The number of benzene rings is 1. The second-order valence-electron chi connectivity index (χ2n) is 7.42. The van der Waals surface area contributed by atoms with Crippen molar-refractivity contribution in [3.05, 3.63) is 47.8 Å². The van der Waals surface area contributed by atoms with Gasteiger partial charge < -0.3 is 9.80 Å². The van der Waals surface area contributed by atoms with E-state index in [1.54, 1.807) is 0 Å². The molecule has 1 atom stereocenters. The highest BCUT2D eigenvalue weighted by atomic mass is 16.2. The Hall–Kier alpha value is -2.14. The van der Waals surface area contributed by atoms with E-state index in [0.717, 1.165) is 42.9 Å². The van der Waals surface area contributed by atoms with Crippen molar-refractivity contribution < 1.29 is 4.79 Å². The Morgan fingerprint density at radius 1 is 1.16 bits per heavy atom. The Balaban J connectivity index is 1.37. The molecule has 0 saturated carbocycles. The summed E-state index contributed by atoms with van der Waals surface area (Å²) < 4.78 is 1.84. The standard InChI is InChI=1S/C20H26N4O/c1-16-12-21-24(13-16)19-6-4-18(5-7-19)20(25)23-11-8-17(15-23)14-22-9-2-3-10-22/h4-7,12-13,17H,2-3,8-11,14-15H2,1H3/t17-/m1/s1. The van der Waals surface area contributed by atoms with Crippen LogP contribution in [0.4, 0.5) is 0 Å². The molecule has 2 aliphatic heterocycles. The first-order valence-corrected chi connectivity index (χ1v) is 9.32.